The molecule has 0 aliphatic rings. The van der Waals surface area contributed by atoms with E-state index in [1.807, 2.05) is 7.05 Å². The second kappa shape index (κ2) is 3.57. The van der Waals surface area contributed by atoms with Gasteiger partial charge in [-0.2, -0.15) is 0 Å². The molecule has 0 bridgehead atoms. The minimum atomic E-state index is 0.144. The summed E-state index contributed by atoms with van der Waals surface area (Å²) in [4.78, 5) is 0. The Balaban J connectivity index is 3.87. The molecular formula is C9H17N. The molecule has 1 N–H and O–H groups in total. The minimum Gasteiger partial charge on any atom is -0.314 e. The first-order chi connectivity index (χ1) is 4.52. The zero-order valence-corrected chi connectivity index (χ0v) is 7.20. The highest BCUT2D eigenvalue weighted by Crippen LogP contribution is 2.13. The van der Waals surface area contributed by atoms with E-state index in [0.29, 0.717) is 0 Å². The molecule has 0 spiro atoms. The van der Waals surface area contributed by atoms with Crippen molar-refractivity contribution in [2.45, 2.75) is 25.8 Å². The molecule has 0 aliphatic carbocycles. The fraction of sp³-hybridized carbons (Fsp3) is 0.556. The average Bonchev–Trinajstić information content (AvgIpc) is 1.87. The molecule has 0 aromatic carbocycles. The summed E-state index contributed by atoms with van der Waals surface area (Å²) in [6.45, 7) is 11.8. The van der Waals surface area contributed by atoms with E-state index >= 15 is 0 Å². The summed E-state index contributed by atoms with van der Waals surface area (Å²) in [6.07, 6.45) is 2.76. The topological polar surface area (TPSA) is 12.0 Å². The van der Waals surface area contributed by atoms with Crippen molar-refractivity contribution >= 4 is 0 Å². The van der Waals surface area contributed by atoms with Crippen LogP contribution in [0.4, 0.5) is 0 Å². The van der Waals surface area contributed by atoms with Crippen molar-refractivity contribution in [3.05, 3.63) is 24.8 Å². The number of rotatable bonds is 4. The van der Waals surface area contributed by atoms with E-state index in [9.17, 15) is 0 Å². The van der Waals surface area contributed by atoms with Gasteiger partial charge in [0.25, 0.3) is 0 Å². The van der Waals surface area contributed by atoms with Gasteiger partial charge in [0.1, 0.15) is 0 Å². The number of hydrogen-bond donors (Lipinski definition) is 1. The smallest absolute Gasteiger partial charge is 0.0162 e. The van der Waals surface area contributed by atoms with Crippen LogP contribution >= 0.6 is 0 Å². The molecule has 0 unspecified atom stereocenters. The van der Waals surface area contributed by atoms with Crippen LogP contribution in [0.3, 0.4) is 0 Å². The largest absolute Gasteiger partial charge is 0.314 e. The van der Waals surface area contributed by atoms with E-state index in [2.05, 4.69) is 32.3 Å². The van der Waals surface area contributed by atoms with Crippen molar-refractivity contribution in [1.82, 2.24) is 5.32 Å². The summed E-state index contributed by atoms with van der Waals surface area (Å²) in [5.74, 6) is 0. The summed E-state index contributed by atoms with van der Waals surface area (Å²) in [5.41, 5.74) is 1.23. The zero-order valence-electron chi connectivity index (χ0n) is 7.20. The van der Waals surface area contributed by atoms with Gasteiger partial charge in [-0.05, 0) is 27.3 Å². The number of hydrogen-bond acceptors (Lipinski definition) is 1. The molecule has 0 heterocycles. The predicted octanol–water partition coefficient (Wildman–Crippen LogP) is 2.12. The summed E-state index contributed by atoms with van der Waals surface area (Å²) < 4.78 is 0. The highest BCUT2D eigenvalue weighted by Gasteiger charge is 2.13. The van der Waals surface area contributed by atoms with Crippen molar-refractivity contribution in [2.24, 2.45) is 0 Å². The van der Waals surface area contributed by atoms with Gasteiger partial charge in [0.05, 0.1) is 0 Å². The van der Waals surface area contributed by atoms with Crippen LogP contribution in [0.5, 0.6) is 0 Å². The van der Waals surface area contributed by atoms with Crippen LogP contribution < -0.4 is 5.32 Å². The Morgan fingerprint density at radius 1 is 1.60 bits per heavy atom. The van der Waals surface area contributed by atoms with E-state index in [1.165, 1.54) is 0 Å². The van der Waals surface area contributed by atoms with E-state index in [1.54, 1.807) is 6.08 Å². The summed E-state index contributed by atoms with van der Waals surface area (Å²) in [5, 5.41) is 3.20. The molecule has 0 amide bonds. The SMILES string of the molecule is C=CC(=C)CC(C)(C)NC. The number of nitrogens with one attached hydrogen (secondary N) is 1. The highest BCUT2D eigenvalue weighted by molar-refractivity contribution is 5.14. The molecule has 0 saturated heterocycles. The van der Waals surface area contributed by atoms with Gasteiger partial charge in [0.15, 0.2) is 0 Å². The van der Waals surface area contributed by atoms with Crippen LogP contribution in [0.1, 0.15) is 20.3 Å². The maximum atomic E-state index is 3.85. The molecule has 0 aliphatic heterocycles. The lowest BCUT2D eigenvalue weighted by Crippen LogP contribution is -2.36. The molecule has 0 fully saturated rings. The van der Waals surface area contributed by atoms with E-state index in [-0.39, 0.29) is 5.54 Å². The van der Waals surface area contributed by atoms with Gasteiger partial charge in [-0.25, -0.2) is 0 Å². The number of allylic oxidation sites excluding steroid dienone is 1. The first-order valence-electron chi connectivity index (χ1n) is 3.51. The fourth-order valence-electron chi connectivity index (χ4n) is 0.728. The Labute approximate surface area is 63.8 Å². The Kier molecular flexibility index (Phi) is 3.37. The monoisotopic (exact) mass is 139 g/mol. The van der Waals surface area contributed by atoms with E-state index in [4.69, 9.17) is 0 Å². The lowest BCUT2D eigenvalue weighted by Gasteiger charge is -2.23. The van der Waals surface area contributed by atoms with Crippen molar-refractivity contribution in [1.29, 1.82) is 0 Å². The van der Waals surface area contributed by atoms with Gasteiger partial charge in [0, 0.05) is 5.54 Å². The van der Waals surface area contributed by atoms with Gasteiger partial charge in [-0.3, -0.25) is 0 Å². The standard InChI is InChI=1S/C9H17N/c1-6-8(2)7-9(3,4)10-5/h6,10H,1-2,7H2,3-5H3. The molecule has 10 heavy (non-hydrogen) atoms. The van der Waals surface area contributed by atoms with Crippen LogP contribution in [0.15, 0.2) is 24.8 Å². The van der Waals surface area contributed by atoms with Crippen LogP contribution in [-0.4, -0.2) is 12.6 Å². The van der Waals surface area contributed by atoms with Crippen LogP contribution in [0, 0.1) is 0 Å². The molecule has 58 valence electrons. The van der Waals surface area contributed by atoms with Crippen molar-refractivity contribution < 1.29 is 0 Å². The normalized spacial score (nSPS) is 11.1. The third-order valence-electron chi connectivity index (χ3n) is 1.63. The van der Waals surface area contributed by atoms with Crippen molar-refractivity contribution in [3.63, 3.8) is 0 Å². The molecule has 0 rings (SSSR count). The van der Waals surface area contributed by atoms with Gasteiger partial charge in [-0.15, -0.1) is 0 Å². The van der Waals surface area contributed by atoms with Gasteiger partial charge >= 0.3 is 0 Å². The van der Waals surface area contributed by atoms with Crippen molar-refractivity contribution in [2.75, 3.05) is 7.05 Å². The molecule has 1 heteroatoms. The second-order valence-corrected chi connectivity index (χ2v) is 3.17. The second-order valence-electron chi connectivity index (χ2n) is 3.17. The first kappa shape index (κ1) is 9.44. The van der Waals surface area contributed by atoms with Gasteiger partial charge in [-0.1, -0.05) is 24.8 Å². The Hall–Kier alpha value is -0.560. The molecular weight excluding hydrogens is 122 g/mol. The average molecular weight is 139 g/mol. The van der Waals surface area contributed by atoms with Gasteiger partial charge in [0.2, 0.25) is 0 Å². The molecule has 1 nitrogen and oxygen atoms in total. The third kappa shape index (κ3) is 3.46. The quantitative estimate of drug-likeness (QED) is 0.588. The van der Waals surface area contributed by atoms with E-state index in [0.717, 1.165) is 12.0 Å². The third-order valence-corrected chi connectivity index (χ3v) is 1.63. The Morgan fingerprint density at radius 3 is 2.40 bits per heavy atom. The predicted molar refractivity (Wildman–Crippen MR) is 47.1 cm³/mol. The molecule has 0 saturated carbocycles. The highest BCUT2D eigenvalue weighted by atomic mass is 14.9. The van der Waals surface area contributed by atoms with Gasteiger partial charge < -0.3 is 5.32 Å². The maximum absolute atomic E-state index is 3.85. The summed E-state index contributed by atoms with van der Waals surface area (Å²) >= 11 is 0. The molecule has 0 radical (unpaired) electrons. The fourth-order valence-corrected chi connectivity index (χ4v) is 0.728. The van der Waals surface area contributed by atoms with Crippen LogP contribution in [0.25, 0.3) is 0 Å². The Morgan fingerprint density at radius 2 is 2.10 bits per heavy atom. The first-order valence-corrected chi connectivity index (χ1v) is 3.51. The van der Waals surface area contributed by atoms with Crippen molar-refractivity contribution in [3.8, 4) is 0 Å². The lowest BCUT2D eigenvalue weighted by molar-refractivity contribution is 0.424. The molecule has 0 aromatic rings. The Bertz CT molecular complexity index is 134. The summed E-state index contributed by atoms with van der Waals surface area (Å²) in [7, 11) is 1.95. The molecule has 0 aromatic heterocycles. The minimum absolute atomic E-state index is 0.144. The lowest BCUT2D eigenvalue weighted by atomic mass is 9.96. The van der Waals surface area contributed by atoms with Crippen LogP contribution in [0.2, 0.25) is 0 Å². The van der Waals surface area contributed by atoms with Crippen LogP contribution in [-0.2, 0) is 0 Å². The van der Waals surface area contributed by atoms with E-state index < -0.39 is 0 Å². The summed E-state index contributed by atoms with van der Waals surface area (Å²) in [6, 6.07) is 0. The maximum Gasteiger partial charge on any atom is 0.0162 e. The zero-order chi connectivity index (χ0) is 8.20. The molecule has 0 atom stereocenters.